The van der Waals surface area contributed by atoms with E-state index in [1.165, 1.54) is 5.57 Å². The number of fused-ring (bicyclic) bond motifs is 5. The van der Waals surface area contributed by atoms with E-state index in [0.29, 0.717) is 12.8 Å². The number of Topliss-reactive ketones (excluding diaryl/α,β-unsaturated/α-hetero) is 1. The molecule has 0 aromatic carbocycles. The van der Waals surface area contributed by atoms with Crippen molar-refractivity contribution in [2.45, 2.75) is 58.5 Å². The topological polar surface area (TPSA) is 74.6 Å². The normalized spacial score (nSPS) is 45.8. The van der Waals surface area contributed by atoms with Gasteiger partial charge in [0.25, 0.3) is 0 Å². The van der Waals surface area contributed by atoms with Gasteiger partial charge in [0.2, 0.25) is 0 Å². The highest BCUT2D eigenvalue weighted by molar-refractivity contribution is 5.92. The lowest BCUT2D eigenvalue weighted by Gasteiger charge is -2.55. The highest BCUT2D eigenvalue weighted by atomic mass is 16.3. The van der Waals surface area contributed by atoms with E-state index in [9.17, 15) is 19.8 Å². The highest BCUT2D eigenvalue weighted by Crippen LogP contribution is 2.64. The maximum absolute atomic E-state index is 12.6. The van der Waals surface area contributed by atoms with Gasteiger partial charge >= 0.3 is 0 Å². The van der Waals surface area contributed by atoms with E-state index in [-0.39, 0.29) is 46.3 Å². The number of ketones is 2. The molecule has 0 amide bonds. The second-order valence-corrected chi connectivity index (χ2v) is 9.00. The molecule has 2 fully saturated rings. The van der Waals surface area contributed by atoms with Crippen molar-refractivity contribution in [1.29, 1.82) is 0 Å². The molecule has 0 radical (unpaired) electrons. The van der Waals surface area contributed by atoms with E-state index < -0.39 is 6.61 Å². The molecule has 0 saturated heterocycles. The number of carbonyl (C=O) groups is 2. The molecule has 0 heterocycles. The van der Waals surface area contributed by atoms with Crippen LogP contribution in [0.4, 0.5) is 0 Å². The van der Waals surface area contributed by atoms with Crippen LogP contribution in [0.15, 0.2) is 23.3 Å². The van der Waals surface area contributed by atoms with Gasteiger partial charge in [0.15, 0.2) is 11.6 Å². The first-order chi connectivity index (χ1) is 11.8. The fourth-order valence-corrected chi connectivity index (χ4v) is 6.26. The summed E-state index contributed by atoms with van der Waals surface area (Å²) in [4.78, 5) is 24.6. The van der Waals surface area contributed by atoms with Crippen LogP contribution in [0.25, 0.3) is 0 Å². The number of hydrogen-bond donors (Lipinski definition) is 2. The summed E-state index contributed by atoms with van der Waals surface area (Å²) in [5, 5.41) is 20.1. The van der Waals surface area contributed by atoms with Crippen molar-refractivity contribution in [3.05, 3.63) is 23.3 Å². The quantitative estimate of drug-likeness (QED) is 0.755. The van der Waals surface area contributed by atoms with Crippen molar-refractivity contribution in [1.82, 2.24) is 0 Å². The van der Waals surface area contributed by atoms with Crippen molar-refractivity contribution < 1.29 is 19.8 Å². The molecule has 6 unspecified atom stereocenters. The SMILES string of the molecule is CC12CCC(=O)C=C1CC(C(=O)CO)C1C2=CCC2(C)C(O)CCC12. The van der Waals surface area contributed by atoms with Crippen LogP contribution in [0, 0.1) is 28.6 Å². The molecular formula is C21H28O4. The van der Waals surface area contributed by atoms with Crippen molar-refractivity contribution in [2.75, 3.05) is 6.61 Å². The Hall–Kier alpha value is -1.26. The van der Waals surface area contributed by atoms with Crippen molar-refractivity contribution in [3.63, 3.8) is 0 Å². The summed E-state index contributed by atoms with van der Waals surface area (Å²) in [5.41, 5.74) is 2.05. The van der Waals surface area contributed by atoms with Crippen LogP contribution in [-0.4, -0.2) is 34.5 Å². The zero-order valence-electron chi connectivity index (χ0n) is 15.1. The molecule has 25 heavy (non-hydrogen) atoms. The van der Waals surface area contributed by atoms with Gasteiger partial charge in [-0.2, -0.15) is 0 Å². The molecule has 2 N–H and O–H groups in total. The van der Waals surface area contributed by atoms with Crippen LogP contribution in [0.5, 0.6) is 0 Å². The lowest BCUT2D eigenvalue weighted by atomic mass is 9.48. The first-order valence-electron chi connectivity index (χ1n) is 9.57. The fourth-order valence-electron chi connectivity index (χ4n) is 6.26. The van der Waals surface area contributed by atoms with Crippen LogP contribution >= 0.6 is 0 Å². The average molecular weight is 344 g/mol. The van der Waals surface area contributed by atoms with E-state index in [2.05, 4.69) is 19.9 Å². The van der Waals surface area contributed by atoms with Crippen LogP contribution < -0.4 is 0 Å². The van der Waals surface area contributed by atoms with Gasteiger partial charge in [-0.25, -0.2) is 0 Å². The summed E-state index contributed by atoms with van der Waals surface area (Å²) in [5.74, 6) is 0.127. The molecule has 4 aliphatic rings. The van der Waals surface area contributed by atoms with Crippen LogP contribution in [-0.2, 0) is 9.59 Å². The number of aliphatic hydroxyl groups excluding tert-OH is 2. The standard InChI is InChI=1S/C21H28O4/c1-20-7-5-13(23)9-12(20)10-14(17(24)11-22)19-15-3-4-18(25)21(15,2)8-6-16(19)20/h6,9,14-15,18-19,22,25H,3-5,7-8,10-11H2,1-2H3. The second kappa shape index (κ2) is 5.62. The first kappa shape index (κ1) is 17.2. The van der Waals surface area contributed by atoms with Gasteiger partial charge in [0.05, 0.1) is 6.10 Å². The molecule has 0 aliphatic heterocycles. The third-order valence-corrected chi connectivity index (χ3v) is 7.91. The fraction of sp³-hybridized carbons (Fsp3) is 0.714. The molecule has 6 atom stereocenters. The Bertz CT molecular complexity index is 690. The minimum atomic E-state index is -0.446. The number of aliphatic hydroxyl groups is 2. The Morgan fingerprint density at radius 3 is 2.80 bits per heavy atom. The third-order valence-electron chi connectivity index (χ3n) is 7.91. The van der Waals surface area contributed by atoms with Gasteiger partial charge in [-0.05, 0) is 50.0 Å². The second-order valence-electron chi connectivity index (χ2n) is 9.00. The predicted molar refractivity (Wildman–Crippen MR) is 93.7 cm³/mol. The molecule has 4 nitrogen and oxygen atoms in total. The van der Waals surface area contributed by atoms with Gasteiger partial charge < -0.3 is 10.2 Å². The Morgan fingerprint density at radius 2 is 2.08 bits per heavy atom. The van der Waals surface area contributed by atoms with Gasteiger partial charge in [-0.1, -0.05) is 31.1 Å². The molecule has 0 spiro atoms. The Kier molecular flexibility index (Phi) is 3.86. The molecule has 0 aromatic heterocycles. The molecule has 136 valence electrons. The molecule has 2 saturated carbocycles. The van der Waals surface area contributed by atoms with Crippen LogP contribution in [0.3, 0.4) is 0 Å². The number of carbonyl (C=O) groups excluding carboxylic acids is 2. The van der Waals surface area contributed by atoms with Crippen molar-refractivity contribution >= 4 is 11.6 Å². The molecule has 4 heteroatoms. The lowest BCUT2D eigenvalue weighted by Crippen LogP contribution is -2.50. The predicted octanol–water partition coefficient (Wildman–Crippen LogP) is 2.59. The summed E-state index contributed by atoms with van der Waals surface area (Å²) >= 11 is 0. The maximum atomic E-state index is 12.6. The summed E-state index contributed by atoms with van der Waals surface area (Å²) in [6.45, 7) is 3.93. The van der Waals surface area contributed by atoms with E-state index in [4.69, 9.17) is 0 Å². The first-order valence-corrected chi connectivity index (χ1v) is 9.57. The molecule has 4 rings (SSSR count). The monoisotopic (exact) mass is 344 g/mol. The summed E-state index contributed by atoms with van der Waals surface area (Å²) in [7, 11) is 0. The van der Waals surface area contributed by atoms with E-state index in [0.717, 1.165) is 31.3 Å². The van der Waals surface area contributed by atoms with Crippen molar-refractivity contribution in [2.24, 2.45) is 28.6 Å². The molecule has 4 aliphatic carbocycles. The third kappa shape index (κ3) is 2.26. The largest absolute Gasteiger partial charge is 0.393 e. The smallest absolute Gasteiger partial charge is 0.162 e. The minimum absolute atomic E-state index is 0.0888. The van der Waals surface area contributed by atoms with Crippen molar-refractivity contribution in [3.8, 4) is 0 Å². The summed E-state index contributed by atoms with van der Waals surface area (Å²) < 4.78 is 0. The van der Waals surface area contributed by atoms with Crippen LogP contribution in [0.1, 0.15) is 52.4 Å². The van der Waals surface area contributed by atoms with Gasteiger partial charge in [-0.3, -0.25) is 9.59 Å². The highest BCUT2D eigenvalue weighted by Gasteiger charge is 2.59. The van der Waals surface area contributed by atoms with E-state index in [1.807, 2.05) is 0 Å². The van der Waals surface area contributed by atoms with Crippen LogP contribution in [0.2, 0.25) is 0 Å². The summed E-state index contributed by atoms with van der Waals surface area (Å²) in [6.07, 6.45) is 8.20. The Morgan fingerprint density at radius 1 is 1.32 bits per heavy atom. The van der Waals surface area contributed by atoms with E-state index >= 15 is 0 Å². The van der Waals surface area contributed by atoms with Gasteiger partial charge in [0, 0.05) is 23.2 Å². The number of allylic oxidation sites excluding steroid dienone is 4. The zero-order valence-corrected chi connectivity index (χ0v) is 15.1. The Balaban J connectivity index is 1.85. The van der Waals surface area contributed by atoms with E-state index in [1.54, 1.807) is 6.08 Å². The molecule has 0 aromatic rings. The minimum Gasteiger partial charge on any atom is -0.393 e. The maximum Gasteiger partial charge on any atom is 0.162 e. The Labute approximate surface area is 149 Å². The van der Waals surface area contributed by atoms with Gasteiger partial charge in [0.1, 0.15) is 6.61 Å². The van der Waals surface area contributed by atoms with Gasteiger partial charge in [-0.15, -0.1) is 0 Å². The lowest BCUT2D eigenvalue weighted by molar-refractivity contribution is -0.130. The number of rotatable bonds is 2. The zero-order chi connectivity index (χ0) is 18.0. The average Bonchev–Trinajstić information content (AvgIpc) is 2.89. The summed E-state index contributed by atoms with van der Waals surface area (Å²) in [6, 6.07) is 0. The molecule has 0 bridgehead atoms. The molecular weight excluding hydrogens is 316 g/mol. The number of hydrogen-bond acceptors (Lipinski definition) is 4.